The topological polar surface area (TPSA) is 48.8 Å². The highest BCUT2D eigenvalue weighted by atomic mass is 15.2. The van der Waals surface area contributed by atoms with Crippen LogP contribution in [-0.2, 0) is 0 Å². The quantitative estimate of drug-likeness (QED) is 0.404. The minimum absolute atomic E-state index is 0.259. The van der Waals surface area contributed by atoms with Gasteiger partial charge in [0.25, 0.3) is 0 Å². The van der Waals surface area contributed by atoms with Crippen LogP contribution in [0.1, 0.15) is 18.9 Å². The van der Waals surface area contributed by atoms with E-state index in [2.05, 4.69) is 16.9 Å². The molecule has 0 unspecified atom stereocenters. The summed E-state index contributed by atoms with van der Waals surface area (Å²) in [6.45, 7) is 2.10. The SMILES string of the molecule is C[C@H]1C[C@@]1(/C=C/c1ccccc1)N=[N+]=[N-]. The summed E-state index contributed by atoms with van der Waals surface area (Å²) >= 11 is 0. The standard InChI is InChI=1S/C12H13N3/c1-10-9-12(10,14-15-13)8-7-11-5-3-2-4-6-11/h2-8,10H,9H2,1H3/b8-7+/t10-,12+/m0/s1. The molecule has 1 fully saturated rings. The summed E-state index contributed by atoms with van der Waals surface area (Å²) in [5.74, 6) is 0.466. The van der Waals surface area contributed by atoms with E-state index in [1.165, 1.54) is 0 Å². The molecule has 0 radical (unpaired) electrons. The molecule has 76 valence electrons. The molecule has 0 N–H and O–H groups in total. The van der Waals surface area contributed by atoms with E-state index in [0.29, 0.717) is 5.92 Å². The molecule has 1 aliphatic carbocycles. The summed E-state index contributed by atoms with van der Waals surface area (Å²) < 4.78 is 0. The molecule has 0 heterocycles. The fourth-order valence-electron chi connectivity index (χ4n) is 1.72. The van der Waals surface area contributed by atoms with Crippen LogP contribution in [0.4, 0.5) is 0 Å². The van der Waals surface area contributed by atoms with Gasteiger partial charge < -0.3 is 0 Å². The van der Waals surface area contributed by atoms with Crippen molar-refractivity contribution in [3.8, 4) is 0 Å². The lowest BCUT2D eigenvalue weighted by Gasteiger charge is -2.00. The summed E-state index contributed by atoms with van der Waals surface area (Å²) in [6, 6.07) is 10.0. The molecule has 1 aromatic rings. The van der Waals surface area contributed by atoms with Crippen LogP contribution in [0.5, 0.6) is 0 Å². The van der Waals surface area contributed by atoms with E-state index in [1.807, 2.05) is 42.5 Å². The summed E-state index contributed by atoms with van der Waals surface area (Å²) in [6.07, 6.45) is 5.01. The smallest absolute Gasteiger partial charge is 0.0700 e. The maximum atomic E-state index is 8.48. The Kier molecular flexibility index (Phi) is 2.48. The molecule has 0 amide bonds. The molecular formula is C12H13N3. The number of azide groups is 1. The zero-order valence-electron chi connectivity index (χ0n) is 8.67. The van der Waals surface area contributed by atoms with Gasteiger partial charge in [0.2, 0.25) is 0 Å². The van der Waals surface area contributed by atoms with Crippen molar-refractivity contribution in [2.24, 2.45) is 11.0 Å². The van der Waals surface area contributed by atoms with Crippen LogP contribution >= 0.6 is 0 Å². The summed E-state index contributed by atoms with van der Waals surface area (Å²) in [5.41, 5.74) is 9.36. The van der Waals surface area contributed by atoms with E-state index in [-0.39, 0.29) is 5.54 Å². The summed E-state index contributed by atoms with van der Waals surface area (Å²) in [5, 5.41) is 3.86. The van der Waals surface area contributed by atoms with Gasteiger partial charge in [-0.1, -0.05) is 54.5 Å². The first-order chi connectivity index (χ1) is 7.27. The first-order valence-corrected chi connectivity index (χ1v) is 5.07. The van der Waals surface area contributed by atoms with Gasteiger partial charge in [-0.2, -0.15) is 0 Å². The van der Waals surface area contributed by atoms with Crippen molar-refractivity contribution in [3.63, 3.8) is 0 Å². The molecule has 0 bridgehead atoms. The van der Waals surface area contributed by atoms with E-state index in [9.17, 15) is 0 Å². The van der Waals surface area contributed by atoms with Crippen molar-refractivity contribution < 1.29 is 0 Å². The molecule has 0 spiro atoms. The third kappa shape index (κ3) is 2.03. The van der Waals surface area contributed by atoms with Gasteiger partial charge >= 0.3 is 0 Å². The largest absolute Gasteiger partial charge is 0.0829 e. The van der Waals surface area contributed by atoms with Crippen LogP contribution in [-0.4, -0.2) is 5.54 Å². The molecule has 1 saturated carbocycles. The van der Waals surface area contributed by atoms with Gasteiger partial charge in [-0.25, -0.2) is 0 Å². The zero-order valence-corrected chi connectivity index (χ0v) is 8.67. The Morgan fingerprint density at radius 2 is 2.13 bits per heavy atom. The zero-order chi connectivity index (χ0) is 10.7. The molecule has 0 saturated heterocycles. The first-order valence-electron chi connectivity index (χ1n) is 5.07. The third-order valence-electron chi connectivity index (χ3n) is 2.92. The molecule has 2 rings (SSSR count). The molecule has 0 aromatic heterocycles. The lowest BCUT2D eigenvalue weighted by molar-refractivity contribution is 0.753. The first kappa shape index (κ1) is 9.81. The van der Waals surface area contributed by atoms with Gasteiger partial charge in [0.05, 0.1) is 5.54 Å². The van der Waals surface area contributed by atoms with E-state index < -0.39 is 0 Å². The predicted molar refractivity (Wildman–Crippen MR) is 61.1 cm³/mol. The van der Waals surface area contributed by atoms with Crippen LogP contribution in [0.15, 0.2) is 41.5 Å². The van der Waals surface area contributed by atoms with Gasteiger partial charge in [-0.05, 0) is 23.4 Å². The minimum Gasteiger partial charge on any atom is -0.0829 e. The Hall–Kier alpha value is -1.73. The average molecular weight is 199 g/mol. The van der Waals surface area contributed by atoms with Crippen LogP contribution in [0.25, 0.3) is 16.5 Å². The van der Waals surface area contributed by atoms with E-state index in [4.69, 9.17) is 5.53 Å². The van der Waals surface area contributed by atoms with Gasteiger partial charge in [0.1, 0.15) is 0 Å². The number of hydrogen-bond donors (Lipinski definition) is 0. The lowest BCUT2D eigenvalue weighted by Crippen LogP contribution is -2.00. The lowest BCUT2D eigenvalue weighted by atomic mass is 10.1. The second-order valence-electron chi connectivity index (χ2n) is 4.03. The van der Waals surface area contributed by atoms with Gasteiger partial charge in [-0.3, -0.25) is 0 Å². The van der Waals surface area contributed by atoms with E-state index >= 15 is 0 Å². The number of nitrogens with zero attached hydrogens (tertiary/aromatic N) is 3. The van der Waals surface area contributed by atoms with Crippen LogP contribution < -0.4 is 0 Å². The molecule has 15 heavy (non-hydrogen) atoms. The van der Waals surface area contributed by atoms with E-state index in [0.717, 1.165) is 12.0 Å². The fourth-order valence-corrected chi connectivity index (χ4v) is 1.72. The van der Waals surface area contributed by atoms with Gasteiger partial charge in [-0.15, -0.1) is 0 Å². The molecule has 3 heteroatoms. The summed E-state index contributed by atoms with van der Waals surface area (Å²) in [7, 11) is 0. The average Bonchev–Trinajstić information content (AvgIpc) is 2.89. The Morgan fingerprint density at radius 3 is 2.67 bits per heavy atom. The molecular weight excluding hydrogens is 186 g/mol. The van der Waals surface area contributed by atoms with Crippen molar-refractivity contribution >= 4 is 6.08 Å². The Bertz CT molecular complexity index is 418. The Balaban J connectivity index is 2.15. The highest BCUT2D eigenvalue weighted by Crippen LogP contribution is 2.48. The Morgan fingerprint density at radius 1 is 1.47 bits per heavy atom. The fraction of sp³-hybridized carbons (Fsp3) is 0.333. The van der Waals surface area contributed by atoms with Crippen LogP contribution in [0.2, 0.25) is 0 Å². The number of hydrogen-bond acceptors (Lipinski definition) is 1. The van der Waals surface area contributed by atoms with E-state index in [1.54, 1.807) is 0 Å². The highest BCUT2D eigenvalue weighted by molar-refractivity contribution is 5.52. The number of benzene rings is 1. The Labute approximate surface area is 89.1 Å². The maximum absolute atomic E-state index is 8.48. The predicted octanol–water partition coefficient (Wildman–Crippen LogP) is 3.79. The van der Waals surface area contributed by atoms with Crippen molar-refractivity contribution in [1.82, 2.24) is 0 Å². The molecule has 1 aliphatic rings. The second-order valence-corrected chi connectivity index (χ2v) is 4.03. The van der Waals surface area contributed by atoms with Gasteiger partial charge in [0, 0.05) is 4.91 Å². The van der Waals surface area contributed by atoms with Crippen molar-refractivity contribution in [1.29, 1.82) is 0 Å². The molecule has 2 atom stereocenters. The molecule has 1 aromatic carbocycles. The molecule has 0 aliphatic heterocycles. The maximum Gasteiger partial charge on any atom is 0.0700 e. The van der Waals surface area contributed by atoms with Gasteiger partial charge in [0.15, 0.2) is 0 Å². The normalized spacial score (nSPS) is 28.7. The molecule has 3 nitrogen and oxygen atoms in total. The van der Waals surface area contributed by atoms with Crippen molar-refractivity contribution in [3.05, 3.63) is 52.4 Å². The summed E-state index contributed by atoms with van der Waals surface area (Å²) in [4.78, 5) is 2.91. The van der Waals surface area contributed by atoms with Crippen molar-refractivity contribution in [2.45, 2.75) is 18.9 Å². The van der Waals surface area contributed by atoms with Crippen LogP contribution in [0.3, 0.4) is 0 Å². The van der Waals surface area contributed by atoms with Crippen molar-refractivity contribution in [2.75, 3.05) is 0 Å². The number of rotatable bonds is 3. The monoisotopic (exact) mass is 199 g/mol. The minimum atomic E-state index is -0.259. The highest BCUT2D eigenvalue weighted by Gasteiger charge is 2.48. The van der Waals surface area contributed by atoms with Crippen LogP contribution in [0, 0.1) is 5.92 Å². The third-order valence-corrected chi connectivity index (χ3v) is 2.92. The second kappa shape index (κ2) is 3.79.